The zero-order valence-electron chi connectivity index (χ0n) is 12.4. The minimum absolute atomic E-state index is 0.646. The van der Waals surface area contributed by atoms with Gasteiger partial charge in [-0.2, -0.15) is 5.10 Å². The van der Waals surface area contributed by atoms with Gasteiger partial charge in [-0.3, -0.25) is 4.68 Å². The largest absolute Gasteiger partial charge is 0.381 e. The first-order valence-corrected chi connectivity index (χ1v) is 8.24. The van der Waals surface area contributed by atoms with Crippen molar-refractivity contribution in [1.82, 2.24) is 15.1 Å². The number of ether oxygens (including phenoxy) is 1. The normalized spacial score (nSPS) is 22.2. The molecule has 0 atom stereocenters. The lowest BCUT2D eigenvalue weighted by Crippen LogP contribution is -2.27. The summed E-state index contributed by atoms with van der Waals surface area (Å²) in [6.45, 7) is 3.86. The Morgan fingerprint density at radius 3 is 2.75 bits per heavy atom. The van der Waals surface area contributed by atoms with Crippen LogP contribution in [0.3, 0.4) is 0 Å². The van der Waals surface area contributed by atoms with Gasteiger partial charge in [0.2, 0.25) is 0 Å². The van der Waals surface area contributed by atoms with Crippen LogP contribution in [0.5, 0.6) is 0 Å². The van der Waals surface area contributed by atoms with Gasteiger partial charge >= 0.3 is 0 Å². The summed E-state index contributed by atoms with van der Waals surface area (Å²) in [5, 5.41) is 8.30. The van der Waals surface area contributed by atoms with Gasteiger partial charge in [0.15, 0.2) is 0 Å². The fraction of sp³-hybridized carbons (Fsp3) is 0.812. The molecular weight excluding hydrogens is 250 g/mol. The number of hydrogen-bond donors (Lipinski definition) is 1. The van der Waals surface area contributed by atoms with Crippen molar-refractivity contribution in [3.05, 3.63) is 18.0 Å². The van der Waals surface area contributed by atoms with Crippen molar-refractivity contribution >= 4 is 0 Å². The Balaban J connectivity index is 1.42. The average Bonchev–Trinajstić information content (AvgIpc) is 2.98. The average molecular weight is 277 g/mol. The summed E-state index contributed by atoms with van der Waals surface area (Å²) in [5.74, 6) is 0.782. The van der Waals surface area contributed by atoms with Gasteiger partial charge in [0, 0.05) is 26.0 Å². The molecule has 0 radical (unpaired) electrons. The van der Waals surface area contributed by atoms with E-state index in [0.717, 1.165) is 32.2 Å². The van der Waals surface area contributed by atoms with Crippen LogP contribution in [0.4, 0.5) is 0 Å². The van der Waals surface area contributed by atoms with Gasteiger partial charge in [0.05, 0.1) is 11.7 Å². The molecule has 1 aromatic rings. The number of nitrogens with one attached hydrogen (secondary N) is 1. The fourth-order valence-corrected chi connectivity index (χ4v) is 3.38. The highest BCUT2D eigenvalue weighted by Gasteiger charge is 2.16. The molecule has 3 rings (SSSR count). The third-order valence-corrected chi connectivity index (χ3v) is 4.69. The van der Waals surface area contributed by atoms with Gasteiger partial charge in [0.1, 0.15) is 0 Å². The summed E-state index contributed by atoms with van der Waals surface area (Å²) in [6, 6.07) is 2.82. The van der Waals surface area contributed by atoms with E-state index in [9.17, 15) is 0 Å². The van der Waals surface area contributed by atoms with E-state index < -0.39 is 0 Å². The molecule has 0 unspecified atom stereocenters. The molecule has 4 heteroatoms. The quantitative estimate of drug-likeness (QED) is 0.899. The highest BCUT2D eigenvalue weighted by atomic mass is 16.5. The second-order valence-corrected chi connectivity index (χ2v) is 6.27. The third kappa shape index (κ3) is 3.83. The van der Waals surface area contributed by atoms with Gasteiger partial charge in [-0.05, 0) is 44.2 Å². The molecule has 0 amide bonds. The molecule has 1 aliphatic heterocycles. The van der Waals surface area contributed by atoms with Crippen LogP contribution >= 0.6 is 0 Å². The topological polar surface area (TPSA) is 39.1 Å². The minimum Gasteiger partial charge on any atom is -0.381 e. The molecule has 0 spiro atoms. The third-order valence-electron chi connectivity index (χ3n) is 4.69. The van der Waals surface area contributed by atoms with Gasteiger partial charge < -0.3 is 10.1 Å². The lowest BCUT2D eigenvalue weighted by molar-refractivity contribution is 0.0662. The molecule has 1 N–H and O–H groups in total. The van der Waals surface area contributed by atoms with Crippen LogP contribution in [-0.2, 0) is 11.3 Å². The van der Waals surface area contributed by atoms with Crippen LogP contribution in [0.15, 0.2) is 12.3 Å². The van der Waals surface area contributed by atoms with Gasteiger partial charge in [0.25, 0.3) is 0 Å². The summed E-state index contributed by atoms with van der Waals surface area (Å²) in [6.07, 6.45) is 11.3. The number of rotatable bonds is 5. The van der Waals surface area contributed by atoms with E-state index in [1.54, 1.807) is 0 Å². The van der Waals surface area contributed by atoms with Crippen molar-refractivity contribution in [3.8, 4) is 0 Å². The van der Waals surface area contributed by atoms with Gasteiger partial charge in [-0.1, -0.05) is 19.3 Å². The van der Waals surface area contributed by atoms with Gasteiger partial charge in [-0.15, -0.1) is 0 Å². The van der Waals surface area contributed by atoms with E-state index in [-0.39, 0.29) is 0 Å². The van der Waals surface area contributed by atoms with Crippen LogP contribution in [0.25, 0.3) is 0 Å². The molecule has 0 aromatic carbocycles. The SMILES string of the molecule is c1cn(C2CCCCC2)nc1CNCC1CCOCC1. The fourth-order valence-electron chi connectivity index (χ4n) is 3.38. The Bertz CT molecular complexity index is 392. The predicted octanol–water partition coefficient (Wildman–Crippen LogP) is 2.90. The first-order valence-electron chi connectivity index (χ1n) is 8.24. The lowest BCUT2D eigenvalue weighted by atomic mass is 9.96. The number of aromatic nitrogens is 2. The summed E-state index contributed by atoms with van der Waals surface area (Å²) in [4.78, 5) is 0. The zero-order valence-corrected chi connectivity index (χ0v) is 12.4. The molecule has 1 saturated carbocycles. The summed E-state index contributed by atoms with van der Waals surface area (Å²) < 4.78 is 7.59. The molecule has 1 aromatic heterocycles. The highest BCUT2D eigenvalue weighted by Crippen LogP contribution is 2.27. The molecule has 2 heterocycles. The van der Waals surface area contributed by atoms with E-state index in [0.29, 0.717) is 6.04 Å². The van der Waals surface area contributed by atoms with Crippen LogP contribution in [0, 0.1) is 5.92 Å². The Kier molecular flexibility index (Phi) is 5.09. The molecule has 2 aliphatic rings. The van der Waals surface area contributed by atoms with E-state index in [1.807, 2.05) is 0 Å². The first-order chi connectivity index (χ1) is 9.92. The summed E-state index contributed by atoms with van der Waals surface area (Å²) in [7, 11) is 0. The second kappa shape index (κ2) is 7.23. The van der Waals surface area contributed by atoms with Crippen molar-refractivity contribution in [2.24, 2.45) is 5.92 Å². The molecule has 1 aliphatic carbocycles. The van der Waals surface area contributed by atoms with Crippen molar-refractivity contribution in [3.63, 3.8) is 0 Å². The summed E-state index contributed by atoms with van der Waals surface area (Å²) >= 11 is 0. The van der Waals surface area contributed by atoms with Crippen LogP contribution < -0.4 is 5.32 Å². The zero-order chi connectivity index (χ0) is 13.6. The van der Waals surface area contributed by atoms with E-state index >= 15 is 0 Å². The van der Waals surface area contributed by atoms with Crippen LogP contribution in [0.1, 0.15) is 56.7 Å². The van der Waals surface area contributed by atoms with Gasteiger partial charge in [-0.25, -0.2) is 0 Å². The summed E-state index contributed by atoms with van der Waals surface area (Å²) in [5.41, 5.74) is 1.18. The Labute approximate surface area is 121 Å². The molecule has 4 nitrogen and oxygen atoms in total. The lowest BCUT2D eigenvalue weighted by Gasteiger charge is -2.22. The Morgan fingerprint density at radius 2 is 1.95 bits per heavy atom. The maximum Gasteiger partial charge on any atom is 0.0762 e. The van der Waals surface area contributed by atoms with E-state index in [1.165, 1.54) is 50.6 Å². The highest BCUT2D eigenvalue weighted by molar-refractivity contribution is 4.99. The van der Waals surface area contributed by atoms with Crippen LogP contribution in [-0.4, -0.2) is 29.5 Å². The smallest absolute Gasteiger partial charge is 0.0762 e. The number of hydrogen-bond acceptors (Lipinski definition) is 3. The molecule has 0 bridgehead atoms. The van der Waals surface area contributed by atoms with Crippen molar-refractivity contribution in [2.45, 2.75) is 57.5 Å². The second-order valence-electron chi connectivity index (χ2n) is 6.27. The van der Waals surface area contributed by atoms with E-state index in [4.69, 9.17) is 9.84 Å². The number of nitrogens with zero attached hydrogens (tertiary/aromatic N) is 2. The predicted molar refractivity (Wildman–Crippen MR) is 79.6 cm³/mol. The standard InChI is InChI=1S/C16H27N3O/c1-2-4-16(5-3-1)19-9-6-15(18-19)13-17-12-14-7-10-20-11-8-14/h6,9,14,16-17H,1-5,7-8,10-13H2. The van der Waals surface area contributed by atoms with Crippen LogP contribution in [0.2, 0.25) is 0 Å². The molecule has 20 heavy (non-hydrogen) atoms. The monoisotopic (exact) mass is 277 g/mol. The van der Waals surface area contributed by atoms with E-state index in [2.05, 4.69) is 22.3 Å². The minimum atomic E-state index is 0.646. The molecule has 1 saturated heterocycles. The van der Waals surface area contributed by atoms with Crippen molar-refractivity contribution in [2.75, 3.05) is 19.8 Å². The maximum absolute atomic E-state index is 5.39. The molecular formula is C16H27N3O. The Morgan fingerprint density at radius 1 is 1.15 bits per heavy atom. The first kappa shape index (κ1) is 14.1. The maximum atomic E-state index is 5.39. The van der Waals surface area contributed by atoms with Crippen molar-refractivity contribution < 1.29 is 4.74 Å². The Hall–Kier alpha value is -0.870. The molecule has 2 fully saturated rings. The van der Waals surface area contributed by atoms with Crippen molar-refractivity contribution in [1.29, 1.82) is 0 Å². The molecule has 112 valence electrons.